The summed E-state index contributed by atoms with van der Waals surface area (Å²) in [5.74, 6) is -1.06. The minimum atomic E-state index is -3.62. The van der Waals surface area contributed by atoms with Gasteiger partial charge in [0.15, 0.2) is 0 Å². The Hall–Kier alpha value is -2.98. The van der Waals surface area contributed by atoms with Crippen molar-refractivity contribution >= 4 is 27.5 Å². The molecular formula is C21H27N5O4S. The Morgan fingerprint density at radius 3 is 2.52 bits per heavy atom. The molecule has 3 N–H and O–H groups in total. The summed E-state index contributed by atoms with van der Waals surface area (Å²) in [5.41, 5.74) is 7.87. The molecule has 1 saturated heterocycles. The van der Waals surface area contributed by atoms with E-state index >= 15 is 0 Å². The first-order valence-corrected chi connectivity index (χ1v) is 11.5. The highest BCUT2D eigenvalue weighted by Gasteiger charge is 2.32. The van der Waals surface area contributed by atoms with Gasteiger partial charge in [-0.1, -0.05) is 17.7 Å². The molecule has 10 heteroatoms. The zero-order valence-corrected chi connectivity index (χ0v) is 18.4. The number of hydrogen-bond donors (Lipinski definition) is 3. The molecule has 31 heavy (non-hydrogen) atoms. The number of amides is 2. The van der Waals surface area contributed by atoms with Crippen LogP contribution >= 0.6 is 0 Å². The largest absolute Gasteiger partial charge is 0.376 e. The van der Waals surface area contributed by atoms with Crippen molar-refractivity contribution in [1.82, 2.24) is 20.1 Å². The van der Waals surface area contributed by atoms with Crippen LogP contribution in [0.2, 0.25) is 0 Å². The summed E-state index contributed by atoms with van der Waals surface area (Å²) < 4.78 is 26.6. The fraction of sp³-hybridized carbons (Fsp3) is 0.381. The molecule has 2 heterocycles. The molecule has 0 spiro atoms. The number of rotatable bonds is 6. The Bertz CT molecular complexity index is 1030. The van der Waals surface area contributed by atoms with Crippen molar-refractivity contribution in [2.75, 3.05) is 25.0 Å². The number of sulfonamides is 1. The van der Waals surface area contributed by atoms with Crippen LogP contribution in [0, 0.1) is 19.8 Å². The average molecular weight is 446 g/mol. The Kier molecular flexibility index (Phi) is 7.24. The topological polar surface area (TPSA) is 120 Å². The molecule has 0 saturated carbocycles. The molecule has 0 atom stereocenters. The number of aromatic nitrogens is 1. The smallest absolute Gasteiger partial charge is 0.257 e. The lowest BCUT2D eigenvalue weighted by Crippen LogP contribution is -2.49. The number of nitrogens with zero attached hydrogens (tertiary/aromatic N) is 2. The predicted molar refractivity (Wildman–Crippen MR) is 116 cm³/mol. The van der Waals surface area contributed by atoms with Gasteiger partial charge in [-0.2, -0.15) is 4.31 Å². The van der Waals surface area contributed by atoms with Crippen molar-refractivity contribution in [2.24, 2.45) is 5.92 Å². The second kappa shape index (κ2) is 9.88. The van der Waals surface area contributed by atoms with Gasteiger partial charge >= 0.3 is 0 Å². The van der Waals surface area contributed by atoms with Crippen molar-refractivity contribution in [2.45, 2.75) is 31.6 Å². The van der Waals surface area contributed by atoms with E-state index < -0.39 is 10.0 Å². The first-order valence-electron chi connectivity index (χ1n) is 10.1. The minimum absolute atomic E-state index is 0.0198. The van der Waals surface area contributed by atoms with Crippen molar-refractivity contribution < 1.29 is 18.0 Å². The molecular weight excluding hydrogens is 418 g/mol. The summed E-state index contributed by atoms with van der Waals surface area (Å²) in [4.78, 5) is 28.4. The minimum Gasteiger partial charge on any atom is -0.376 e. The SMILES string of the molecule is Cc1ccc(NCC(=O)NNC(=O)C2CCN(S(=O)(=O)c3cccnc3)CC2)c(C)c1. The third kappa shape index (κ3) is 5.80. The quantitative estimate of drug-likeness (QED) is 0.578. The van der Waals surface area contributed by atoms with Crippen molar-refractivity contribution in [1.29, 1.82) is 0 Å². The lowest BCUT2D eigenvalue weighted by molar-refractivity contribution is -0.131. The average Bonchev–Trinajstić information content (AvgIpc) is 2.77. The van der Waals surface area contributed by atoms with Gasteiger partial charge in [-0.15, -0.1) is 0 Å². The summed E-state index contributed by atoms with van der Waals surface area (Å²) in [5, 5.41) is 3.04. The number of hydrazine groups is 1. The van der Waals surface area contributed by atoms with Gasteiger partial charge in [-0.25, -0.2) is 8.42 Å². The highest BCUT2D eigenvalue weighted by molar-refractivity contribution is 7.89. The van der Waals surface area contributed by atoms with E-state index in [9.17, 15) is 18.0 Å². The number of carbonyl (C=O) groups excluding carboxylic acids is 2. The van der Waals surface area contributed by atoms with E-state index in [4.69, 9.17) is 0 Å². The van der Waals surface area contributed by atoms with E-state index in [1.807, 2.05) is 32.0 Å². The van der Waals surface area contributed by atoms with E-state index in [2.05, 4.69) is 21.2 Å². The molecule has 0 radical (unpaired) electrons. The molecule has 1 aliphatic rings. The maximum Gasteiger partial charge on any atom is 0.257 e. The lowest BCUT2D eigenvalue weighted by Gasteiger charge is -2.30. The summed E-state index contributed by atoms with van der Waals surface area (Å²) in [6.07, 6.45) is 3.58. The monoisotopic (exact) mass is 445 g/mol. The second-order valence-corrected chi connectivity index (χ2v) is 9.51. The molecule has 166 valence electrons. The molecule has 2 amide bonds. The first kappa shape index (κ1) is 22.7. The number of pyridine rings is 1. The summed E-state index contributed by atoms with van der Waals surface area (Å²) >= 11 is 0. The van der Waals surface area contributed by atoms with E-state index in [0.29, 0.717) is 12.8 Å². The molecule has 1 aliphatic heterocycles. The van der Waals surface area contributed by atoms with Crippen LogP contribution in [0.1, 0.15) is 24.0 Å². The van der Waals surface area contributed by atoms with Gasteiger partial charge in [-0.3, -0.25) is 25.4 Å². The molecule has 2 aromatic rings. The number of hydrogen-bond acceptors (Lipinski definition) is 6. The van der Waals surface area contributed by atoms with Crippen LogP contribution in [0.5, 0.6) is 0 Å². The number of nitrogens with one attached hydrogen (secondary N) is 3. The van der Waals surface area contributed by atoms with E-state index in [-0.39, 0.29) is 42.3 Å². The second-order valence-electron chi connectivity index (χ2n) is 7.58. The molecule has 0 aliphatic carbocycles. The van der Waals surface area contributed by atoms with Crippen LogP contribution < -0.4 is 16.2 Å². The molecule has 1 fully saturated rings. The zero-order chi connectivity index (χ0) is 22.4. The van der Waals surface area contributed by atoms with E-state index in [0.717, 1.165) is 16.8 Å². The Morgan fingerprint density at radius 2 is 1.87 bits per heavy atom. The van der Waals surface area contributed by atoms with Gasteiger partial charge in [0, 0.05) is 37.1 Å². The Morgan fingerprint density at radius 1 is 1.13 bits per heavy atom. The number of carbonyl (C=O) groups is 2. The predicted octanol–water partition coefficient (Wildman–Crippen LogP) is 1.36. The normalized spacial score (nSPS) is 15.3. The number of aryl methyl sites for hydroxylation is 2. The van der Waals surface area contributed by atoms with Crippen LogP contribution in [0.3, 0.4) is 0 Å². The van der Waals surface area contributed by atoms with Crippen LogP contribution in [0.25, 0.3) is 0 Å². The van der Waals surface area contributed by atoms with Crippen LogP contribution in [-0.2, 0) is 19.6 Å². The molecule has 1 aromatic carbocycles. The van der Waals surface area contributed by atoms with Gasteiger partial charge in [0.1, 0.15) is 4.90 Å². The van der Waals surface area contributed by atoms with Crippen molar-refractivity contribution in [3.63, 3.8) is 0 Å². The number of benzene rings is 1. The summed E-state index contributed by atoms with van der Waals surface area (Å²) in [7, 11) is -3.62. The summed E-state index contributed by atoms with van der Waals surface area (Å²) in [6, 6.07) is 8.95. The molecule has 1 aromatic heterocycles. The Labute approximate surface area is 182 Å². The van der Waals surface area contributed by atoms with E-state index in [1.165, 1.54) is 22.8 Å². The first-order chi connectivity index (χ1) is 14.8. The van der Waals surface area contributed by atoms with Gasteiger partial charge < -0.3 is 5.32 Å². The fourth-order valence-corrected chi connectivity index (χ4v) is 4.91. The maximum absolute atomic E-state index is 12.6. The molecule has 0 bridgehead atoms. The third-order valence-corrected chi connectivity index (χ3v) is 7.13. The fourth-order valence-electron chi connectivity index (χ4n) is 3.47. The lowest BCUT2D eigenvalue weighted by atomic mass is 9.98. The van der Waals surface area contributed by atoms with Crippen LogP contribution in [0.4, 0.5) is 5.69 Å². The zero-order valence-electron chi connectivity index (χ0n) is 17.6. The van der Waals surface area contributed by atoms with Gasteiger partial charge in [0.2, 0.25) is 15.9 Å². The van der Waals surface area contributed by atoms with Crippen LogP contribution in [-0.4, -0.2) is 49.2 Å². The van der Waals surface area contributed by atoms with Crippen LogP contribution in [0.15, 0.2) is 47.6 Å². The van der Waals surface area contributed by atoms with Crippen molar-refractivity contribution in [3.05, 3.63) is 53.9 Å². The van der Waals surface area contributed by atoms with Gasteiger partial charge in [0.05, 0.1) is 6.54 Å². The molecule has 3 rings (SSSR count). The number of piperidine rings is 1. The van der Waals surface area contributed by atoms with Gasteiger partial charge in [-0.05, 0) is 50.5 Å². The van der Waals surface area contributed by atoms with Gasteiger partial charge in [0.25, 0.3) is 5.91 Å². The van der Waals surface area contributed by atoms with Crippen molar-refractivity contribution in [3.8, 4) is 0 Å². The standard InChI is InChI=1S/C21H27N5O4S/c1-15-5-6-19(16(2)12-15)23-14-20(27)24-25-21(28)17-7-10-26(11-8-17)31(29,30)18-4-3-9-22-13-18/h3-6,9,12-13,17,23H,7-8,10-11,14H2,1-2H3,(H,24,27)(H,25,28). The highest BCUT2D eigenvalue weighted by atomic mass is 32.2. The molecule has 9 nitrogen and oxygen atoms in total. The molecule has 0 unspecified atom stereocenters. The van der Waals surface area contributed by atoms with E-state index in [1.54, 1.807) is 6.07 Å². The highest BCUT2D eigenvalue weighted by Crippen LogP contribution is 2.23. The third-order valence-electron chi connectivity index (χ3n) is 5.24. The summed E-state index contributed by atoms with van der Waals surface area (Å²) in [6.45, 7) is 4.44. The maximum atomic E-state index is 12.6. The Balaban J connectivity index is 1.43. The number of anilines is 1.